The number of quaternary nitrogens is 1. The highest BCUT2D eigenvalue weighted by Gasteiger charge is 2.30. The first-order valence-corrected chi connectivity index (χ1v) is 36.7. The van der Waals surface area contributed by atoms with Gasteiger partial charge in [-0.3, -0.25) is 18.6 Å². The van der Waals surface area contributed by atoms with Gasteiger partial charge in [-0.2, -0.15) is 0 Å². The smallest absolute Gasteiger partial charge is 0.456 e. The second-order valence-corrected chi connectivity index (χ2v) is 25.7. The van der Waals surface area contributed by atoms with Crippen molar-refractivity contribution in [2.45, 2.75) is 290 Å². The topological polar surface area (TPSA) is 111 Å². The fourth-order valence-corrected chi connectivity index (χ4v) is 10.2. The molecule has 87 heavy (non-hydrogen) atoms. The van der Waals surface area contributed by atoms with E-state index in [-0.39, 0.29) is 31.5 Å². The number of nitrogens with one attached hydrogen (secondary N) is 1. The molecule has 9 nitrogen and oxygen atoms in total. The molecule has 0 aromatic heterocycles. The van der Waals surface area contributed by atoms with E-state index in [1.54, 1.807) is 0 Å². The normalized spacial score (nSPS) is 14.4. The van der Waals surface area contributed by atoms with Gasteiger partial charge in [0.05, 0.1) is 33.8 Å². The van der Waals surface area contributed by atoms with E-state index in [0.717, 1.165) is 154 Å². The number of carbonyl (C=O) groups excluding carboxylic acids is 2. The molecule has 2 N–H and O–H groups in total. The van der Waals surface area contributed by atoms with Gasteiger partial charge >= 0.3 is 13.8 Å². The number of allylic oxidation sites excluding steroid dienone is 23. The lowest BCUT2D eigenvalue weighted by atomic mass is 10.0. The number of rotatable bonds is 62. The number of amides is 1. The first kappa shape index (κ1) is 82.9. The number of likely N-dealkylation sites (N-methyl/N-ethyl adjacent to an activating group) is 1. The summed E-state index contributed by atoms with van der Waals surface area (Å²) >= 11 is 0. The number of hydrogen-bond acceptors (Lipinski definition) is 6. The molecular formula is C77H132N2O7P+. The van der Waals surface area contributed by atoms with Crippen LogP contribution < -0.4 is 5.32 Å². The third-order valence-corrected chi connectivity index (χ3v) is 15.8. The summed E-state index contributed by atoms with van der Waals surface area (Å²) in [6, 6.07) is -0.870. The Morgan fingerprint density at radius 3 is 1.10 bits per heavy atom. The molecule has 0 aliphatic carbocycles. The van der Waals surface area contributed by atoms with Crippen LogP contribution >= 0.6 is 7.82 Å². The van der Waals surface area contributed by atoms with Crippen molar-refractivity contribution in [3.05, 3.63) is 146 Å². The van der Waals surface area contributed by atoms with Crippen LogP contribution in [-0.4, -0.2) is 74.3 Å². The monoisotopic (exact) mass is 1230 g/mol. The van der Waals surface area contributed by atoms with Crippen LogP contribution in [0.4, 0.5) is 0 Å². The summed E-state index contributed by atoms with van der Waals surface area (Å²) in [6.45, 7) is 6.76. The minimum atomic E-state index is -4.47. The minimum Gasteiger partial charge on any atom is -0.456 e. The van der Waals surface area contributed by atoms with Crippen LogP contribution in [0.5, 0.6) is 0 Å². The molecule has 0 spiro atoms. The fourth-order valence-electron chi connectivity index (χ4n) is 9.44. The number of phosphoric ester groups is 1. The van der Waals surface area contributed by atoms with E-state index < -0.39 is 20.0 Å². The fraction of sp³-hybridized carbons (Fsp3) is 0.662. The predicted molar refractivity (Wildman–Crippen MR) is 378 cm³/mol. The van der Waals surface area contributed by atoms with Crippen molar-refractivity contribution < 1.29 is 37.3 Å². The van der Waals surface area contributed by atoms with Gasteiger partial charge in [-0.05, 0) is 128 Å². The number of esters is 1. The van der Waals surface area contributed by atoms with Crippen molar-refractivity contribution in [2.75, 3.05) is 40.9 Å². The molecule has 0 radical (unpaired) electrons. The number of unbranched alkanes of at least 4 members (excludes halogenated alkanes) is 24. The van der Waals surface area contributed by atoms with Crippen molar-refractivity contribution in [3.8, 4) is 0 Å². The van der Waals surface area contributed by atoms with Crippen LogP contribution in [0.1, 0.15) is 278 Å². The number of hydrogen-bond donors (Lipinski definition) is 2. The zero-order valence-electron chi connectivity index (χ0n) is 56.7. The van der Waals surface area contributed by atoms with E-state index in [1.165, 1.54) is 89.9 Å². The summed E-state index contributed by atoms with van der Waals surface area (Å²) in [6.07, 6.45) is 94.3. The van der Waals surface area contributed by atoms with Crippen molar-refractivity contribution in [1.29, 1.82) is 0 Å². The van der Waals surface area contributed by atoms with Gasteiger partial charge in [0.1, 0.15) is 19.3 Å². The minimum absolute atomic E-state index is 0.0286. The molecule has 0 aromatic carbocycles. The molecule has 0 aromatic rings. The molecule has 0 aliphatic heterocycles. The molecule has 496 valence electrons. The highest BCUT2D eigenvalue weighted by Crippen LogP contribution is 2.43. The SMILES string of the molecule is CC/C=C\C/C=C\C/C=C\C/C=C\C/C=C\C/C=C\CCCCCCCCCCC(=O)NC(COP(=O)(O)OCC[N+](C)(C)C)C(/C=C\CCCCCCCCCCC)OC(=O)CCCCCCCCC/C=C\C/C=C\C/C=C\C/C=C\C/C=C\CC. The molecular weight excluding hydrogens is 1100 g/mol. The Bertz CT molecular complexity index is 2000. The second kappa shape index (κ2) is 64.9. The van der Waals surface area contributed by atoms with Gasteiger partial charge in [-0.15, -0.1) is 0 Å². The maximum Gasteiger partial charge on any atom is 0.472 e. The van der Waals surface area contributed by atoms with E-state index >= 15 is 0 Å². The summed E-state index contributed by atoms with van der Waals surface area (Å²) < 4.78 is 30.8. The van der Waals surface area contributed by atoms with Gasteiger partial charge < -0.3 is 19.4 Å². The van der Waals surface area contributed by atoms with Crippen molar-refractivity contribution in [3.63, 3.8) is 0 Å². The number of phosphoric acid groups is 1. The van der Waals surface area contributed by atoms with Crippen LogP contribution in [0.3, 0.4) is 0 Å². The van der Waals surface area contributed by atoms with Crippen molar-refractivity contribution >= 4 is 19.7 Å². The molecule has 1 amide bonds. The van der Waals surface area contributed by atoms with E-state index in [0.29, 0.717) is 17.4 Å². The molecule has 0 aliphatic rings. The zero-order valence-corrected chi connectivity index (χ0v) is 57.6. The van der Waals surface area contributed by atoms with Gasteiger partial charge in [0.15, 0.2) is 0 Å². The first-order valence-electron chi connectivity index (χ1n) is 35.2. The van der Waals surface area contributed by atoms with E-state index in [4.69, 9.17) is 13.8 Å². The van der Waals surface area contributed by atoms with Gasteiger partial charge in [0.25, 0.3) is 0 Å². The van der Waals surface area contributed by atoms with E-state index in [9.17, 15) is 19.0 Å². The summed E-state index contributed by atoms with van der Waals surface area (Å²) in [4.78, 5) is 37.9. The Labute approximate surface area is 536 Å². The van der Waals surface area contributed by atoms with Gasteiger partial charge in [0, 0.05) is 12.8 Å². The third-order valence-electron chi connectivity index (χ3n) is 14.8. The Kier molecular flexibility index (Phi) is 61.8. The van der Waals surface area contributed by atoms with Gasteiger partial charge in [0.2, 0.25) is 5.91 Å². The Morgan fingerprint density at radius 2 is 0.736 bits per heavy atom. The highest BCUT2D eigenvalue weighted by atomic mass is 31.2. The Hall–Kier alpha value is -4.11. The molecule has 0 bridgehead atoms. The standard InChI is InChI=1S/C77H131N2O7P/c1-7-10-13-16-19-22-25-27-29-31-33-35-37-38-39-40-42-43-45-47-49-51-54-57-60-63-66-69-76(80)78-74(73-85-87(82,83)84-72-71-79(4,5)6)75(68-65-62-59-56-53-24-21-18-15-12-9-3)86-77(81)70-67-64-61-58-55-52-50-48-46-44-41-36-34-32-30-28-26-23-20-17-14-11-8-2/h10-11,13-14,19-20,22-23,27-30,33-36,38-39,42-44,46,65,68,74-75H,7-9,12,15-18,21,24-26,31-32,37,40-41,45,47-64,66-67,69-73H2,1-6H3,(H-,78,80,82,83)/p+1/b13-10-,14-11-,22-19-,23-20-,29-27-,30-28-,35-33-,36-34-,39-38-,43-42-,46-44-,68-65-. The summed E-state index contributed by atoms with van der Waals surface area (Å²) in [5, 5.41) is 3.06. The molecule has 10 heteroatoms. The molecule has 3 unspecified atom stereocenters. The van der Waals surface area contributed by atoms with E-state index in [2.05, 4.69) is 160 Å². The average molecular weight is 1230 g/mol. The quantitative estimate of drug-likeness (QED) is 0.0205. The van der Waals surface area contributed by atoms with Gasteiger partial charge in [-0.25, -0.2) is 4.57 Å². The number of nitrogens with zero attached hydrogens (tertiary/aromatic N) is 1. The molecule has 0 fully saturated rings. The van der Waals surface area contributed by atoms with Gasteiger partial charge in [-0.1, -0.05) is 283 Å². The zero-order chi connectivity index (χ0) is 63.5. The summed E-state index contributed by atoms with van der Waals surface area (Å²) in [5.74, 6) is -0.535. The summed E-state index contributed by atoms with van der Waals surface area (Å²) in [7, 11) is 1.46. The largest absolute Gasteiger partial charge is 0.472 e. The lowest BCUT2D eigenvalue weighted by molar-refractivity contribution is -0.870. The first-order chi connectivity index (χ1) is 42.4. The van der Waals surface area contributed by atoms with Crippen molar-refractivity contribution in [2.24, 2.45) is 0 Å². The van der Waals surface area contributed by atoms with Crippen LogP contribution in [-0.2, 0) is 27.9 Å². The Balaban J connectivity index is 5.10. The number of ether oxygens (including phenoxy) is 1. The van der Waals surface area contributed by atoms with Crippen LogP contribution in [0.2, 0.25) is 0 Å². The molecule has 0 saturated carbocycles. The third kappa shape index (κ3) is 66.1. The van der Waals surface area contributed by atoms with Crippen LogP contribution in [0.15, 0.2) is 146 Å². The maximum atomic E-state index is 13.6. The van der Waals surface area contributed by atoms with Crippen LogP contribution in [0.25, 0.3) is 0 Å². The Morgan fingerprint density at radius 1 is 0.414 bits per heavy atom. The van der Waals surface area contributed by atoms with E-state index in [1.807, 2.05) is 33.3 Å². The van der Waals surface area contributed by atoms with Crippen LogP contribution in [0, 0.1) is 0 Å². The molecule has 0 saturated heterocycles. The molecule has 3 atom stereocenters. The van der Waals surface area contributed by atoms with Crippen molar-refractivity contribution in [1.82, 2.24) is 5.32 Å². The number of carbonyl (C=O) groups is 2. The average Bonchev–Trinajstić information content (AvgIpc) is 3.70. The molecule has 0 rings (SSSR count). The second-order valence-electron chi connectivity index (χ2n) is 24.3. The highest BCUT2D eigenvalue weighted by molar-refractivity contribution is 7.47. The lowest BCUT2D eigenvalue weighted by Crippen LogP contribution is -2.47. The molecule has 0 heterocycles. The lowest BCUT2D eigenvalue weighted by Gasteiger charge is -2.27. The maximum absolute atomic E-state index is 13.6. The summed E-state index contributed by atoms with van der Waals surface area (Å²) in [5.41, 5.74) is 0. The predicted octanol–water partition coefficient (Wildman–Crippen LogP) is 22.6.